The van der Waals surface area contributed by atoms with Crippen LogP contribution >= 0.6 is 0 Å². The summed E-state index contributed by atoms with van der Waals surface area (Å²) in [5.41, 5.74) is 6.95. The van der Waals surface area contributed by atoms with Crippen LogP contribution in [0.15, 0.2) is 0 Å². The Kier molecular flexibility index (Phi) is 4.58. The molecule has 2 heterocycles. The number of likely N-dealkylation sites (N-methyl/N-ethyl adjacent to an activating group) is 1. The van der Waals surface area contributed by atoms with E-state index < -0.39 is 0 Å². The summed E-state index contributed by atoms with van der Waals surface area (Å²) in [4.78, 5) is 13.6. The molecule has 0 atom stereocenters. The summed E-state index contributed by atoms with van der Waals surface area (Å²) < 4.78 is 0. The van der Waals surface area contributed by atoms with Gasteiger partial charge in [0, 0.05) is 32.1 Å². The first kappa shape index (κ1) is 14.1. The first-order valence-electron chi connectivity index (χ1n) is 7.18. The third kappa shape index (κ3) is 3.35. The number of nitrogens with zero attached hydrogens (tertiary/aromatic N) is 4. The predicted molar refractivity (Wildman–Crippen MR) is 79.5 cm³/mol. The fourth-order valence-electron chi connectivity index (χ4n) is 2.50. The molecule has 1 aliphatic rings. The molecule has 2 rings (SSSR count). The molecule has 0 radical (unpaired) electrons. The van der Waals surface area contributed by atoms with Gasteiger partial charge in [-0.15, -0.1) is 0 Å². The summed E-state index contributed by atoms with van der Waals surface area (Å²) in [6.45, 7) is 8.61. The second-order valence-corrected chi connectivity index (χ2v) is 5.30. The van der Waals surface area contributed by atoms with Crippen LogP contribution in [0.1, 0.15) is 31.2 Å². The molecule has 5 nitrogen and oxygen atoms in total. The summed E-state index contributed by atoms with van der Waals surface area (Å²) in [5, 5.41) is 0. The zero-order chi connectivity index (χ0) is 13.8. The van der Waals surface area contributed by atoms with Gasteiger partial charge in [-0.05, 0) is 32.9 Å². The van der Waals surface area contributed by atoms with Gasteiger partial charge in [-0.2, -0.15) is 0 Å². The maximum Gasteiger partial charge on any atom is 0.137 e. The van der Waals surface area contributed by atoms with Gasteiger partial charge in [-0.1, -0.05) is 6.92 Å². The van der Waals surface area contributed by atoms with Gasteiger partial charge in [0.05, 0.1) is 0 Å². The van der Waals surface area contributed by atoms with Gasteiger partial charge < -0.3 is 15.5 Å². The molecule has 0 aliphatic carbocycles. The fraction of sp³-hybridized carbons (Fsp3) is 0.714. The quantitative estimate of drug-likeness (QED) is 0.871. The van der Waals surface area contributed by atoms with Gasteiger partial charge in [0.25, 0.3) is 0 Å². The summed E-state index contributed by atoms with van der Waals surface area (Å²) in [6.07, 6.45) is 3.49. The Balaban J connectivity index is 2.04. The number of hydrogen-bond donors (Lipinski definition) is 1. The van der Waals surface area contributed by atoms with Gasteiger partial charge in [-0.3, -0.25) is 0 Å². The van der Waals surface area contributed by atoms with Gasteiger partial charge >= 0.3 is 0 Å². The first-order chi connectivity index (χ1) is 9.11. The van der Waals surface area contributed by atoms with Crippen molar-refractivity contribution in [3.05, 3.63) is 11.4 Å². The zero-order valence-electron chi connectivity index (χ0n) is 12.3. The maximum absolute atomic E-state index is 5.96. The average Bonchev–Trinajstić information content (AvgIpc) is 2.92. The smallest absolute Gasteiger partial charge is 0.137 e. The topological polar surface area (TPSA) is 58.3 Å². The fourth-order valence-corrected chi connectivity index (χ4v) is 2.50. The molecule has 2 N–H and O–H groups in total. The largest absolute Gasteiger partial charge is 0.383 e. The van der Waals surface area contributed by atoms with Gasteiger partial charge in [-0.25, -0.2) is 9.97 Å². The van der Waals surface area contributed by atoms with E-state index in [4.69, 9.17) is 5.73 Å². The van der Waals surface area contributed by atoms with Gasteiger partial charge in [0.15, 0.2) is 0 Å². The number of nitrogen functional groups attached to an aromatic ring is 1. The number of aromatic nitrogens is 2. The van der Waals surface area contributed by atoms with Crippen molar-refractivity contribution in [2.45, 2.75) is 33.1 Å². The monoisotopic (exact) mass is 263 g/mol. The lowest BCUT2D eigenvalue weighted by Gasteiger charge is -2.24. The Bertz CT molecular complexity index is 426. The van der Waals surface area contributed by atoms with Gasteiger partial charge in [0.2, 0.25) is 0 Å². The number of aryl methyl sites for hydroxylation is 1. The van der Waals surface area contributed by atoms with E-state index in [9.17, 15) is 0 Å². The lowest BCUT2D eigenvalue weighted by Crippen LogP contribution is -2.32. The molecule has 1 aromatic heterocycles. The van der Waals surface area contributed by atoms with E-state index in [2.05, 4.69) is 33.7 Å². The van der Waals surface area contributed by atoms with Crippen LogP contribution in [0.3, 0.4) is 0 Å². The normalized spacial score (nSPS) is 15.9. The van der Waals surface area contributed by atoms with Crippen molar-refractivity contribution in [1.82, 2.24) is 14.9 Å². The molecule has 0 saturated carbocycles. The summed E-state index contributed by atoms with van der Waals surface area (Å²) in [6, 6.07) is 0. The molecule has 1 fully saturated rings. The van der Waals surface area contributed by atoms with Crippen molar-refractivity contribution in [1.29, 1.82) is 0 Å². The van der Waals surface area contributed by atoms with Crippen molar-refractivity contribution < 1.29 is 0 Å². The Morgan fingerprint density at radius 1 is 1.26 bits per heavy atom. The number of rotatable bonds is 5. The molecule has 5 heteroatoms. The highest BCUT2D eigenvalue weighted by Crippen LogP contribution is 2.20. The Morgan fingerprint density at radius 3 is 2.58 bits per heavy atom. The molecule has 1 saturated heterocycles. The van der Waals surface area contributed by atoms with Crippen LogP contribution in [0.25, 0.3) is 0 Å². The van der Waals surface area contributed by atoms with Crippen molar-refractivity contribution >= 4 is 11.6 Å². The van der Waals surface area contributed by atoms with E-state index in [0.717, 1.165) is 36.7 Å². The Labute approximate surface area is 115 Å². The molecule has 0 aromatic carbocycles. The maximum atomic E-state index is 5.96. The van der Waals surface area contributed by atoms with Crippen LogP contribution in [-0.2, 0) is 6.42 Å². The molecule has 0 bridgehead atoms. The molecule has 1 aliphatic heterocycles. The van der Waals surface area contributed by atoms with Crippen LogP contribution < -0.4 is 10.6 Å². The van der Waals surface area contributed by atoms with Crippen LogP contribution in [0, 0.1) is 6.92 Å². The molecule has 19 heavy (non-hydrogen) atoms. The molecular formula is C14H25N5. The molecule has 0 amide bonds. The summed E-state index contributed by atoms with van der Waals surface area (Å²) in [7, 11) is 2.09. The Hall–Kier alpha value is -1.36. The van der Waals surface area contributed by atoms with Crippen molar-refractivity contribution in [3.63, 3.8) is 0 Å². The Morgan fingerprint density at radius 2 is 1.95 bits per heavy atom. The third-order valence-corrected chi connectivity index (χ3v) is 3.83. The van der Waals surface area contributed by atoms with Crippen molar-refractivity contribution in [2.75, 3.05) is 43.9 Å². The number of likely N-dealkylation sites (tertiary alicyclic amines) is 1. The predicted octanol–water partition coefficient (Wildman–Crippen LogP) is 1.46. The standard InChI is InChI=1S/C14H25N5/c1-4-12-16-13(15)11(2)14(17-12)18(3)9-10-19-7-5-6-8-19/h4-10H2,1-3H3,(H2,15,16,17). The first-order valence-corrected chi connectivity index (χ1v) is 7.18. The molecule has 106 valence electrons. The van der Waals surface area contributed by atoms with Crippen LogP contribution in [0.4, 0.5) is 11.6 Å². The van der Waals surface area contributed by atoms with E-state index in [-0.39, 0.29) is 0 Å². The second-order valence-electron chi connectivity index (χ2n) is 5.30. The number of anilines is 2. The van der Waals surface area contributed by atoms with E-state index in [1.165, 1.54) is 25.9 Å². The van der Waals surface area contributed by atoms with E-state index in [1.54, 1.807) is 0 Å². The number of nitrogens with two attached hydrogens (primary N) is 1. The molecule has 1 aromatic rings. The highest BCUT2D eigenvalue weighted by Gasteiger charge is 2.15. The lowest BCUT2D eigenvalue weighted by atomic mass is 10.2. The highest BCUT2D eigenvalue weighted by atomic mass is 15.2. The summed E-state index contributed by atoms with van der Waals surface area (Å²) in [5.74, 6) is 2.41. The van der Waals surface area contributed by atoms with Crippen LogP contribution in [0.2, 0.25) is 0 Å². The molecule has 0 unspecified atom stereocenters. The van der Waals surface area contributed by atoms with Crippen molar-refractivity contribution in [3.8, 4) is 0 Å². The number of hydrogen-bond acceptors (Lipinski definition) is 5. The van der Waals surface area contributed by atoms with E-state index >= 15 is 0 Å². The van der Waals surface area contributed by atoms with Gasteiger partial charge in [0.1, 0.15) is 17.5 Å². The zero-order valence-corrected chi connectivity index (χ0v) is 12.3. The highest BCUT2D eigenvalue weighted by molar-refractivity contribution is 5.56. The van der Waals surface area contributed by atoms with Crippen LogP contribution in [0.5, 0.6) is 0 Å². The average molecular weight is 263 g/mol. The van der Waals surface area contributed by atoms with Crippen molar-refractivity contribution in [2.24, 2.45) is 0 Å². The third-order valence-electron chi connectivity index (χ3n) is 3.83. The SMILES string of the molecule is CCc1nc(N)c(C)c(N(C)CCN2CCCC2)n1. The van der Waals surface area contributed by atoms with E-state index in [0.29, 0.717) is 5.82 Å². The summed E-state index contributed by atoms with van der Waals surface area (Å²) >= 11 is 0. The minimum Gasteiger partial charge on any atom is -0.383 e. The van der Waals surface area contributed by atoms with E-state index in [1.807, 2.05) is 6.92 Å². The minimum absolute atomic E-state index is 0.606. The molecule has 0 spiro atoms. The molecular weight excluding hydrogens is 238 g/mol. The lowest BCUT2D eigenvalue weighted by molar-refractivity contribution is 0.346. The van der Waals surface area contributed by atoms with Crippen LogP contribution in [-0.4, -0.2) is 48.1 Å². The second kappa shape index (κ2) is 6.19. The minimum atomic E-state index is 0.606.